The van der Waals surface area contributed by atoms with Crippen molar-refractivity contribution in [2.75, 3.05) is 0 Å². The van der Waals surface area contributed by atoms with Crippen molar-refractivity contribution in [2.45, 2.75) is 56.7 Å². The number of hydrogen-bond donors (Lipinski definition) is 2. The van der Waals surface area contributed by atoms with Gasteiger partial charge in [-0.25, -0.2) is 18.0 Å². The van der Waals surface area contributed by atoms with E-state index >= 15 is 0 Å². The van der Waals surface area contributed by atoms with Crippen molar-refractivity contribution in [3.8, 4) is 0 Å². The minimum atomic E-state index is -2.45. The molecule has 4 unspecified atom stereocenters. The lowest BCUT2D eigenvalue weighted by atomic mass is 9.85. The number of rotatable bonds is 7. The third-order valence-corrected chi connectivity index (χ3v) is 5.32. The standard InChI is InChI=1S/C16H22F3NO3S/c1-15(2,3)24(23)20-16(4,10-7-5-6-8-11(10)17)13(19)9-12(18)14(21)22/h5-8,12-13,20H,9H2,1-4H3,(H,21,22). The molecule has 0 radical (unpaired) electrons. The normalized spacial score (nSPS) is 18.5. The molecule has 4 atom stereocenters. The number of nitrogens with one attached hydrogen (secondary N) is 1. The van der Waals surface area contributed by atoms with Gasteiger partial charge in [-0.2, -0.15) is 0 Å². The second-order valence-electron chi connectivity index (χ2n) is 6.67. The van der Waals surface area contributed by atoms with Gasteiger partial charge in [0.05, 0.1) is 0 Å². The van der Waals surface area contributed by atoms with Gasteiger partial charge < -0.3 is 9.66 Å². The molecule has 0 saturated carbocycles. The molecule has 0 aliphatic heterocycles. The minimum Gasteiger partial charge on any atom is -0.598 e. The van der Waals surface area contributed by atoms with Crippen molar-refractivity contribution in [3.05, 3.63) is 35.6 Å². The predicted molar refractivity (Wildman–Crippen MR) is 86.8 cm³/mol. The Morgan fingerprint density at radius 3 is 2.29 bits per heavy atom. The molecular weight excluding hydrogens is 343 g/mol. The molecule has 1 aromatic carbocycles. The Hall–Kier alpha value is -1.25. The van der Waals surface area contributed by atoms with E-state index in [1.54, 1.807) is 20.8 Å². The molecule has 2 N–H and O–H groups in total. The van der Waals surface area contributed by atoms with E-state index in [2.05, 4.69) is 4.72 Å². The highest BCUT2D eigenvalue weighted by molar-refractivity contribution is 7.90. The molecule has 0 aliphatic rings. The second kappa shape index (κ2) is 7.76. The van der Waals surface area contributed by atoms with Gasteiger partial charge in [-0.15, -0.1) is 4.72 Å². The summed E-state index contributed by atoms with van der Waals surface area (Å²) in [7, 11) is 0. The van der Waals surface area contributed by atoms with E-state index in [1.165, 1.54) is 25.1 Å². The number of aliphatic carboxylic acids is 1. The molecule has 0 bridgehead atoms. The van der Waals surface area contributed by atoms with Crippen LogP contribution in [0.25, 0.3) is 0 Å². The van der Waals surface area contributed by atoms with E-state index in [9.17, 15) is 22.5 Å². The zero-order valence-corrected chi connectivity index (χ0v) is 14.8. The molecule has 4 nitrogen and oxygen atoms in total. The molecule has 8 heteroatoms. The van der Waals surface area contributed by atoms with Crippen LogP contribution >= 0.6 is 0 Å². The number of benzene rings is 1. The first kappa shape index (κ1) is 20.8. The van der Waals surface area contributed by atoms with E-state index in [0.717, 1.165) is 6.07 Å². The molecule has 0 fully saturated rings. The zero-order valence-electron chi connectivity index (χ0n) is 14.0. The smallest absolute Gasteiger partial charge is 0.338 e. The van der Waals surface area contributed by atoms with Crippen LogP contribution in [0.2, 0.25) is 0 Å². The van der Waals surface area contributed by atoms with Crippen molar-refractivity contribution in [1.29, 1.82) is 0 Å². The van der Waals surface area contributed by atoms with E-state index in [0.29, 0.717) is 0 Å². The molecule has 0 heterocycles. The lowest BCUT2D eigenvalue weighted by Gasteiger charge is -2.37. The Bertz CT molecular complexity index is 582. The van der Waals surface area contributed by atoms with Crippen LogP contribution in [-0.2, 0) is 21.7 Å². The third kappa shape index (κ3) is 4.87. The molecule has 1 rings (SSSR count). The van der Waals surface area contributed by atoms with Crippen molar-refractivity contribution in [2.24, 2.45) is 0 Å². The average Bonchev–Trinajstić information content (AvgIpc) is 2.46. The van der Waals surface area contributed by atoms with Crippen molar-refractivity contribution in [1.82, 2.24) is 4.72 Å². The first-order valence-electron chi connectivity index (χ1n) is 7.35. The molecule has 24 heavy (non-hydrogen) atoms. The molecule has 136 valence electrons. The van der Waals surface area contributed by atoms with E-state index in [4.69, 9.17) is 5.11 Å². The Labute approximate surface area is 142 Å². The monoisotopic (exact) mass is 365 g/mol. The van der Waals surface area contributed by atoms with Gasteiger partial charge >= 0.3 is 5.97 Å². The zero-order chi connectivity index (χ0) is 18.7. The quantitative estimate of drug-likeness (QED) is 0.728. The fraction of sp³-hybridized carbons (Fsp3) is 0.562. The molecular formula is C16H22F3NO3S. The van der Waals surface area contributed by atoms with E-state index in [-0.39, 0.29) is 5.56 Å². The first-order valence-corrected chi connectivity index (χ1v) is 8.50. The number of carboxylic acids is 1. The van der Waals surface area contributed by atoms with Gasteiger partial charge in [0.25, 0.3) is 0 Å². The van der Waals surface area contributed by atoms with Gasteiger partial charge in [-0.05, 0) is 33.8 Å². The Morgan fingerprint density at radius 1 is 1.29 bits per heavy atom. The van der Waals surface area contributed by atoms with Crippen LogP contribution in [0.5, 0.6) is 0 Å². The highest BCUT2D eigenvalue weighted by atomic mass is 32.2. The van der Waals surface area contributed by atoms with E-state index < -0.39 is 52.2 Å². The van der Waals surface area contributed by atoms with Crippen LogP contribution in [0.1, 0.15) is 39.7 Å². The topological polar surface area (TPSA) is 72.4 Å². The van der Waals surface area contributed by atoms with Crippen LogP contribution in [-0.4, -0.2) is 32.7 Å². The maximum absolute atomic E-state index is 14.8. The molecule has 1 aromatic rings. The Morgan fingerprint density at radius 2 is 1.83 bits per heavy atom. The van der Waals surface area contributed by atoms with Crippen molar-refractivity contribution in [3.63, 3.8) is 0 Å². The molecule has 0 aromatic heterocycles. The number of alkyl halides is 2. The fourth-order valence-corrected chi connectivity index (χ4v) is 2.96. The summed E-state index contributed by atoms with van der Waals surface area (Å²) in [5.41, 5.74) is -2.00. The maximum atomic E-state index is 14.8. The third-order valence-electron chi connectivity index (χ3n) is 3.60. The van der Waals surface area contributed by atoms with Crippen molar-refractivity contribution >= 4 is 17.3 Å². The van der Waals surface area contributed by atoms with Gasteiger partial charge in [0.2, 0.25) is 0 Å². The summed E-state index contributed by atoms with van der Waals surface area (Å²) in [6.07, 6.45) is -5.56. The number of halogens is 3. The number of hydrogen-bond acceptors (Lipinski definition) is 3. The molecule has 0 saturated heterocycles. The van der Waals surface area contributed by atoms with Gasteiger partial charge in [-0.1, -0.05) is 18.2 Å². The Kier molecular flexibility index (Phi) is 6.72. The lowest BCUT2D eigenvalue weighted by Crippen LogP contribution is -2.55. The molecule has 0 spiro atoms. The summed E-state index contributed by atoms with van der Waals surface area (Å²) in [5.74, 6) is -2.56. The van der Waals surface area contributed by atoms with Crippen LogP contribution in [0.3, 0.4) is 0 Å². The fourth-order valence-electron chi connectivity index (χ4n) is 2.03. The van der Waals surface area contributed by atoms with Crippen LogP contribution in [0, 0.1) is 5.82 Å². The maximum Gasteiger partial charge on any atom is 0.338 e. The summed E-state index contributed by atoms with van der Waals surface area (Å²) in [5, 5.41) is 8.64. The van der Waals surface area contributed by atoms with Gasteiger partial charge in [0, 0.05) is 23.3 Å². The predicted octanol–water partition coefficient (Wildman–Crippen LogP) is 3.24. The van der Waals surface area contributed by atoms with Gasteiger partial charge in [0.1, 0.15) is 22.3 Å². The summed E-state index contributed by atoms with van der Waals surface area (Å²) < 4.78 is 56.6. The summed E-state index contributed by atoms with van der Waals surface area (Å²) in [6, 6.07) is 5.27. The second-order valence-corrected chi connectivity index (χ2v) is 8.64. The Balaban J connectivity index is 3.25. The largest absolute Gasteiger partial charge is 0.598 e. The minimum absolute atomic E-state index is 0.146. The highest BCUT2D eigenvalue weighted by Gasteiger charge is 2.46. The van der Waals surface area contributed by atoms with Crippen molar-refractivity contribution < 1.29 is 27.6 Å². The van der Waals surface area contributed by atoms with Gasteiger partial charge in [0.15, 0.2) is 6.17 Å². The SMILES string of the molecule is CC(N[S+]([O-])C(C)(C)C)(c1ccccc1F)C(F)CC(F)C(=O)O. The average molecular weight is 365 g/mol. The number of carbonyl (C=O) groups is 1. The summed E-state index contributed by atoms with van der Waals surface area (Å²) >= 11 is -1.79. The van der Waals surface area contributed by atoms with Crippen LogP contribution in [0.4, 0.5) is 13.2 Å². The van der Waals surface area contributed by atoms with Crippen LogP contribution in [0.15, 0.2) is 24.3 Å². The molecule has 0 aliphatic carbocycles. The summed E-state index contributed by atoms with van der Waals surface area (Å²) in [6.45, 7) is 6.16. The highest BCUT2D eigenvalue weighted by Crippen LogP contribution is 2.34. The summed E-state index contributed by atoms with van der Waals surface area (Å²) in [4.78, 5) is 10.7. The van der Waals surface area contributed by atoms with Crippen LogP contribution < -0.4 is 4.72 Å². The van der Waals surface area contributed by atoms with Gasteiger partial charge in [-0.3, -0.25) is 0 Å². The first-order chi connectivity index (χ1) is 10.9. The van der Waals surface area contributed by atoms with E-state index in [1.807, 2.05) is 0 Å². The number of carboxylic acid groups (broad SMARTS) is 1. The lowest BCUT2D eigenvalue weighted by molar-refractivity contribution is -0.143. The molecule has 0 amide bonds.